The van der Waals surface area contributed by atoms with Crippen molar-refractivity contribution in [2.24, 2.45) is 5.92 Å². The first-order valence-corrected chi connectivity index (χ1v) is 8.07. The van der Waals surface area contributed by atoms with Crippen LogP contribution >= 0.6 is 11.6 Å². The zero-order chi connectivity index (χ0) is 19.9. The number of halogens is 1. The van der Waals surface area contributed by atoms with Gasteiger partial charge in [0.25, 0.3) is 11.6 Å². The molecule has 1 N–H and O–H groups in total. The Labute approximate surface area is 154 Å². The third-order valence-electron chi connectivity index (χ3n) is 3.69. The number of methoxy groups -OCH3 is 1. The minimum atomic E-state index is -1.08. The summed E-state index contributed by atoms with van der Waals surface area (Å²) in [6.45, 7) is 2.88. The first-order chi connectivity index (χ1) is 12.2. The molecular formula is C16H19ClN2O7. The molecule has 1 amide bonds. The number of hydrogen-bond donors (Lipinski definition) is 1. The number of hydrogen-bond acceptors (Lipinski definition) is 7. The fourth-order valence-electron chi connectivity index (χ4n) is 2.05. The van der Waals surface area contributed by atoms with E-state index in [2.05, 4.69) is 10.1 Å². The van der Waals surface area contributed by atoms with E-state index in [9.17, 15) is 24.5 Å². The summed E-state index contributed by atoms with van der Waals surface area (Å²) in [6.07, 6.45) is 0.606. The lowest BCUT2D eigenvalue weighted by atomic mass is 9.99. The Bertz CT molecular complexity index is 708. The highest BCUT2D eigenvalue weighted by Crippen LogP contribution is 2.23. The van der Waals surface area contributed by atoms with E-state index in [1.54, 1.807) is 6.92 Å². The van der Waals surface area contributed by atoms with E-state index in [1.807, 2.05) is 6.92 Å². The van der Waals surface area contributed by atoms with Crippen molar-refractivity contribution in [3.63, 3.8) is 0 Å². The summed E-state index contributed by atoms with van der Waals surface area (Å²) in [5.41, 5.74) is -0.867. The number of nitrogens with one attached hydrogen (secondary N) is 1. The van der Waals surface area contributed by atoms with Crippen LogP contribution in [0.25, 0.3) is 0 Å². The molecule has 0 aliphatic rings. The van der Waals surface area contributed by atoms with Crippen LogP contribution < -0.4 is 5.32 Å². The molecular weight excluding hydrogens is 368 g/mol. The molecule has 0 bridgehead atoms. The van der Waals surface area contributed by atoms with Crippen LogP contribution in [-0.4, -0.2) is 42.5 Å². The maximum atomic E-state index is 12.0. The molecule has 142 valence electrons. The van der Waals surface area contributed by atoms with E-state index < -0.39 is 41.1 Å². The molecule has 9 nitrogen and oxygen atoms in total. The maximum Gasteiger partial charge on any atom is 0.345 e. The van der Waals surface area contributed by atoms with E-state index in [0.717, 1.165) is 12.1 Å². The minimum Gasteiger partial charge on any atom is -0.467 e. The summed E-state index contributed by atoms with van der Waals surface area (Å²) >= 11 is 5.74. The van der Waals surface area contributed by atoms with Gasteiger partial charge in [-0.2, -0.15) is 0 Å². The van der Waals surface area contributed by atoms with Gasteiger partial charge in [0.1, 0.15) is 11.6 Å². The van der Waals surface area contributed by atoms with Gasteiger partial charge in [0.2, 0.25) is 0 Å². The molecule has 1 aromatic rings. The second kappa shape index (κ2) is 9.71. The van der Waals surface area contributed by atoms with Crippen molar-refractivity contribution in [3.05, 3.63) is 38.9 Å². The van der Waals surface area contributed by atoms with Crippen LogP contribution in [0.2, 0.25) is 5.02 Å². The molecule has 26 heavy (non-hydrogen) atoms. The molecule has 0 heterocycles. The molecule has 0 saturated heterocycles. The van der Waals surface area contributed by atoms with Gasteiger partial charge in [-0.3, -0.25) is 14.9 Å². The van der Waals surface area contributed by atoms with Gasteiger partial charge in [0.15, 0.2) is 6.61 Å². The van der Waals surface area contributed by atoms with Gasteiger partial charge in [0.05, 0.1) is 12.0 Å². The molecule has 0 radical (unpaired) electrons. The topological polar surface area (TPSA) is 125 Å². The first-order valence-electron chi connectivity index (χ1n) is 7.69. The molecule has 0 unspecified atom stereocenters. The lowest BCUT2D eigenvalue weighted by Gasteiger charge is -2.21. The zero-order valence-corrected chi connectivity index (χ0v) is 15.2. The summed E-state index contributed by atoms with van der Waals surface area (Å²) in [7, 11) is 1.20. The summed E-state index contributed by atoms with van der Waals surface area (Å²) in [5.74, 6) is -2.63. The van der Waals surface area contributed by atoms with E-state index >= 15 is 0 Å². The number of nitro groups is 1. The molecule has 1 aromatic carbocycles. The van der Waals surface area contributed by atoms with Gasteiger partial charge in [-0.25, -0.2) is 9.59 Å². The van der Waals surface area contributed by atoms with Gasteiger partial charge < -0.3 is 14.8 Å². The van der Waals surface area contributed by atoms with E-state index in [-0.39, 0.29) is 16.5 Å². The van der Waals surface area contributed by atoms with Crippen LogP contribution in [0, 0.1) is 16.0 Å². The van der Waals surface area contributed by atoms with E-state index in [1.165, 1.54) is 13.2 Å². The average molecular weight is 387 g/mol. The Morgan fingerprint density at radius 1 is 1.35 bits per heavy atom. The van der Waals surface area contributed by atoms with Crippen molar-refractivity contribution in [1.82, 2.24) is 5.32 Å². The fraction of sp³-hybridized carbons (Fsp3) is 0.438. The average Bonchev–Trinajstić information content (AvgIpc) is 2.62. The van der Waals surface area contributed by atoms with Gasteiger partial charge in [-0.1, -0.05) is 31.9 Å². The number of carbonyl (C=O) groups excluding carboxylic acids is 3. The summed E-state index contributed by atoms with van der Waals surface area (Å²) in [5, 5.41) is 13.5. The Morgan fingerprint density at radius 3 is 2.54 bits per heavy atom. The zero-order valence-electron chi connectivity index (χ0n) is 14.5. The fourth-order valence-corrected chi connectivity index (χ4v) is 2.22. The molecule has 1 rings (SSSR count). The van der Waals surface area contributed by atoms with Gasteiger partial charge in [0, 0.05) is 11.1 Å². The smallest absolute Gasteiger partial charge is 0.345 e. The Kier molecular flexibility index (Phi) is 7.98. The van der Waals surface area contributed by atoms with Crippen molar-refractivity contribution in [1.29, 1.82) is 0 Å². The number of carbonyl (C=O) groups is 3. The first kappa shape index (κ1) is 21.4. The molecule has 0 aliphatic heterocycles. The van der Waals surface area contributed by atoms with Crippen molar-refractivity contribution in [2.45, 2.75) is 26.3 Å². The van der Waals surface area contributed by atoms with Crippen molar-refractivity contribution >= 4 is 35.1 Å². The molecule has 0 aliphatic carbocycles. The molecule has 0 spiro atoms. The highest BCUT2D eigenvalue weighted by atomic mass is 35.5. The van der Waals surface area contributed by atoms with Crippen LogP contribution in [0.4, 0.5) is 5.69 Å². The highest BCUT2D eigenvalue weighted by molar-refractivity contribution is 6.31. The third-order valence-corrected chi connectivity index (χ3v) is 3.93. The molecule has 0 aromatic heterocycles. The number of ether oxygens (including phenoxy) is 2. The lowest BCUT2D eigenvalue weighted by Crippen LogP contribution is -2.47. The number of nitro benzene ring substituents is 1. The predicted octanol–water partition coefficient (Wildman–Crippen LogP) is 2.11. The third kappa shape index (κ3) is 5.69. The second-order valence-corrected chi connectivity index (χ2v) is 5.89. The number of esters is 2. The highest BCUT2D eigenvalue weighted by Gasteiger charge is 2.28. The summed E-state index contributed by atoms with van der Waals surface area (Å²) < 4.78 is 9.43. The SMILES string of the molecule is CC[C@@H](C)[C@@H](NC(=O)COC(=O)c1cc(Cl)ccc1[N+](=O)[O-])C(=O)OC. The quantitative estimate of drug-likeness (QED) is 0.412. The molecule has 10 heteroatoms. The standard InChI is InChI=1S/C16H19ClN2O7/c1-4-9(2)14(16(22)25-3)18-13(20)8-26-15(21)11-7-10(17)5-6-12(11)19(23)24/h5-7,9,14H,4,8H2,1-3H3,(H,18,20)/t9-,14-/m1/s1. The summed E-state index contributed by atoms with van der Waals surface area (Å²) in [4.78, 5) is 45.9. The monoisotopic (exact) mass is 386 g/mol. The maximum absolute atomic E-state index is 12.0. The van der Waals surface area contributed by atoms with Crippen molar-refractivity contribution < 1.29 is 28.8 Å². The second-order valence-electron chi connectivity index (χ2n) is 5.45. The number of benzene rings is 1. The van der Waals surface area contributed by atoms with Crippen molar-refractivity contribution in [2.75, 3.05) is 13.7 Å². The van der Waals surface area contributed by atoms with E-state index in [4.69, 9.17) is 16.3 Å². The Morgan fingerprint density at radius 2 is 2.00 bits per heavy atom. The minimum absolute atomic E-state index is 0.106. The number of nitrogens with zero attached hydrogens (tertiary/aromatic N) is 1. The molecule has 2 atom stereocenters. The van der Waals surface area contributed by atoms with Crippen LogP contribution in [0.3, 0.4) is 0 Å². The van der Waals surface area contributed by atoms with Gasteiger partial charge in [-0.05, 0) is 18.1 Å². The van der Waals surface area contributed by atoms with Crippen LogP contribution in [-0.2, 0) is 19.1 Å². The number of amides is 1. The van der Waals surface area contributed by atoms with Gasteiger partial charge in [-0.15, -0.1) is 0 Å². The van der Waals surface area contributed by atoms with Crippen LogP contribution in [0.5, 0.6) is 0 Å². The summed E-state index contributed by atoms with van der Waals surface area (Å²) in [6, 6.07) is 2.51. The van der Waals surface area contributed by atoms with Crippen molar-refractivity contribution in [3.8, 4) is 0 Å². The largest absolute Gasteiger partial charge is 0.467 e. The predicted molar refractivity (Wildman–Crippen MR) is 91.8 cm³/mol. The number of rotatable bonds is 8. The van der Waals surface area contributed by atoms with E-state index in [0.29, 0.717) is 6.42 Å². The molecule has 0 saturated carbocycles. The van der Waals surface area contributed by atoms with Crippen LogP contribution in [0.15, 0.2) is 18.2 Å². The lowest BCUT2D eigenvalue weighted by molar-refractivity contribution is -0.385. The normalized spacial score (nSPS) is 12.6. The Hall–Kier alpha value is -2.68. The molecule has 0 fully saturated rings. The van der Waals surface area contributed by atoms with Crippen LogP contribution in [0.1, 0.15) is 30.6 Å². The Balaban J connectivity index is 2.78. The van der Waals surface area contributed by atoms with Gasteiger partial charge >= 0.3 is 11.9 Å².